The molecule has 0 atom stereocenters. The summed E-state index contributed by atoms with van der Waals surface area (Å²) in [7, 11) is 0. The summed E-state index contributed by atoms with van der Waals surface area (Å²) in [6, 6.07) is 18.2. The fraction of sp³-hybridized carbons (Fsp3) is 0.130. The van der Waals surface area contributed by atoms with Gasteiger partial charge in [-0.05, 0) is 66.1 Å². The molecule has 2 heterocycles. The van der Waals surface area contributed by atoms with Gasteiger partial charge in [-0.1, -0.05) is 30.3 Å². The van der Waals surface area contributed by atoms with Gasteiger partial charge in [-0.3, -0.25) is 4.79 Å². The molecule has 5 heteroatoms. The molecule has 0 unspecified atom stereocenters. The molecule has 2 aromatic carbocycles. The van der Waals surface area contributed by atoms with Gasteiger partial charge in [0.15, 0.2) is 0 Å². The molecule has 0 radical (unpaired) electrons. The van der Waals surface area contributed by atoms with Crippen molar-refractivity contribution in [3.63, 3.8) is 0 Å². The number of fused-ring (bicyclic) bond motifs is 1. The van der Waals surface area contributed by atoms with Crippen molar-refractivity contribution in [3.8, 4) is 0 Å². The lowest BCUT2D eigenvalue weighted by atomic mass is 10.0. The van der Waals surface area contributed by atoms with E-state index in [1.165, 1.54) is 17.7 Å². The van der Waals surface area contributed by atoms with Crippen LogP contribution >= 0.6 is 0 Å². The molecule has 4 aromatic rings. The van der Waals surface area contributed by atoms with Gasteiger partial charge in [0, 0.05) is 18.1 Å². The molecule has 0 saturated carbocycles. The first-order valence-corrected chi connectivity index (χ1v) is 9.26. The molecule has 4 rings (SSSR count). The van der Waals surface area contributed by atoms with Gasteiger partial charge in [-0.15, -0.1) is 0 Å². The summed E-state index contributed by atoms with van der Waals surface area (Å²) < 4.78 is 13.1. The minimum atomic E-state index is -0.310. The van der Waals surface area contributed by atoms with E-state index in [4.69, 9.17) is 0 Å². The third-order valence-corrected chi connectivity index (χ3v) is 4.75. The van der Waals surface area contributed by atoms with Crippen LogP contribution in [-0.2, 0) is 12.8 Å². The number of halogens is 1. The zero-order chi connectivity index (χ0) is 19.3. The highest BCUT2D eigenvalue weighted by atomic mass is 19.1. The van der Waals surface area contributed by atoms with Crippen LogP contribution in [0.1, 0.15) is 17.5 Å². The van der Waals surface area contributed by atoms with E-state index in [2.05, 4.69) is 27.4 Å². The molecule has 2 N–H and O–H groups in total. The lowest BCUT2D eigenvalue weighted by molar-refractivity contribution is 0.628. The summed E-state index contributed by atoms with van der Waals surface area (Å²) in [4.78, 5) is 19.7. The molecule has 0 aliphatic carbocycles. The first-order valence-electron chi connectivity index (χ1n) is 9.26. The molecule has 2 aromatic heterocycles. The number of nitrogens with zero attached hydrogens (tertiary/aromatic N) is 1. The number of rotatable bonds is 6. The predicted octanol–water partition coefficient (Wildman–Crippen LogP) is 4.98. The second kappa shape index (κ2) is 8.05. The number of nitrogens with one attached hydrogen (secondary N) is 2. The predicted molar refractivity (Wildman–Crippen MR) is 111 cm³/mol. The summed E-state index contributed by atoms with van der Waals surface area (Å²) in [5.41, 5.74) is 2.82. The third kappa shape index (κ3) is 3.93. The van der Waals surface area contributed by atoms with Gasteiger partial charge >= 0.3 is 0 Å². The number of anilines is 2. The standard InChI is InChI=1S/C23H20FN3O/c24-18-9-11-19(12-10-18)27-22-21-20(13-14-25-23(21)28)17(15-26-22)8-4-7-16-5-2-1-3-6-16/h1-3,5-6,9-15H,4,7-8H2,(H,25,28)(H,26,27). The molecule has 140 valence electrons. The zero-order valence-corrected chi connectivity index (χ0v) is 15.3. The van der Waals surface area contributed by atoms with E-state index in [9.17, 15) is 9.18 Å². The maximum atomic E-state index is 13.1. The van der Waals surface area contributed by atoms with Crippen molar-refractivity contribution in [2.75, 3.05) is 5.32 Å². The zero-order valence-electron chi connectivity index (χ0n) is 15.3. The Morgan fingerprint density at radius 3 is 2.54 bits per heavy atom. The number of aryl methyl sites for hydroxylation is 2. The number of aromatic amines is 1. The first kappa shape index (κ1) is 17.9. The van der Waals surface area contributed by atoms with Gasteiger partial charge in [-0.2, -0.15) is 0 Å². The number of H-pyrrole nitrogens is 1. The Kier molecular flexibility index (Phi) is 5.15. The molecule has 0 amide bonds. The molecule has 0 aliphatic heterocycles. The number of benzene rings is 2. The van der Waals surface area contributed by atoms with E-state index in [0.29, 0.717) is 16.9 Å². The topological polar surface area (TPSA) is 57.8 Å². The molecule has 0 saturated heterocycles. The quantitative estimate of drug-likeness (QED) is 0.501. The van der Waals surface area contributed by atoms with Gasteiger partial charge in [0.1, 0.15) is 11.6 Å². The molecule has 4 nitrogen and oxygen atoms in total. The largest absolute Gasteiger partial charge is 0.340 e. The van der Waals surface area contributed by atoms with E-state index in [1.54, 1.807) is 18.3 Å². The van der Waals surface area contributed by atoms with Crippen molar-refractivity contribution in [2.24, 2.45) is 0 Å². The molecular weight excluding hydrogens is 353 g/mol. The molecule has 0 spiro atoms. The van der Waals surface area contributed by atoms with E-state index in [-0.39, 0.29) is 11.4 Å². The number of hydrogen-bond acceptors (Lipinski definition) is 3. The number of hydrogen-bond donors (Lipinski definition) is 2. The van der Waals surface area contributed by atoms with E-state index in [0.717, 1.165) is 30.2 Å². The van der Waals surface area contributed by atoms with Crippen LogP contribution in [0.3, 0.4) is 0 Å². The van der Waals surface area contributed by atoms with Crippen LogP contribution in [0.5, 0.6) is 0 Å². The minimum absolute atomic E-state index is 0.195. The summed E-state index contributed by atoms with van der Waals surface area (Å²) >= 11 is 0. The Morgan fingerprint density at radius 2 is 1.75 bits per heavy atom. The van der Waals surface area contributed by atoms with Crippen molar-refractivity contribution in [2.45, 2.75) is 19.3 Å². The minimum Gasteiger partial charge on any atom is -0.340 e. The molecule has 28 heavy (non-hydrogen) atoms. The highest BCUT2D eigenvalue weighted by Gasteiger charge is 2.11. The lowest BCUT2D eigenvalue weighted by Gasteiger charge is -2.12. The van der Waals surface area contributed by atoms with Crippen LogP contribution in [0.4, 0.5) is 15.9 Å². The van der Waals surface area contributed by atoms with Gasteiger partial charge in [-0.25, -0.2) is 9.37 Å². The van der Waals surface area contributed by atoms with Crippen LogP contribution in [0.25, 0.3) is 10.8 Å². The summed E-state index contributed by atoms with van der Waals surface area (Å²) in [5.74, 6) is 0.158. The second-order valence-electron chi connectivity index (χ2n) is 6.70. The van der Waals surface area contributed by atoms with Gasteiger partial charge in [0.2, 0.25) is 0 Å². The summed E-state index contributed by atoms with van der Waals surface area (Å²) in [6.07, 6.45) is 6.25. The van der Waals surface area contributed by atoms with Gasteiger partial charge in [0.25, 0.3) is 5.56 Å². The molecule has 0 fully saturated rings. The normalized spacial score (nSPS) is 10.9. The molecule has 0 aliphatic rings. The molecular formula is C23H20FN3O. The number of aromatic nitrogens is 2. The highest BCUT2D eigenvalue weighted by molar-refractivity contribution is 5.94. The monoisotopic (exact) mass is 373 g/mol. The van der Waals surface area contributed by atoms with E-state index >= 15 is 0 Å². The Bertz CT molecular complexity index is 1140. The average molecular weight is 373 g/mol. The van der Waals surface area contributed by atoms with Crippen molar-refractivity contribution < 1.29 is 4.39 Å². The Morgan fingerprint density at radius 1 is 0.964 bits per heavy atom. The maximum absolute atomic E-state index is 13.1. The van der Waals surface area contributed by atoms with Crippen molar-refractivity contribution in [1.29, 1.82) is 0 Å². The highest BCUT2D eigenvalue weighted by Crippen LogP contribution is 2.25. The lowest BCUT2D eigenvalue weighted by Crippen LogP contribution is -2.10. The number of pyridine rings is 2. The summed E-state index contributed by atoms with van der Waals surface area (Å²) in [6.45, 7) is 0. The van der Waals surface area contributed by atoms with Crippen LogP contribution in [0, 0.1) is 5.82 Å². The van der Waals surface area contributed by atoms with Crippen molar-refractivity contribution in [1.82, 2.24) is 9.97 Å². The fourth-order valence-corrected chi connectivity index (χ4v) is 3.35. The van der Waals surface area contributed by atoms with E-state index < -0.39 is 0 Å². The SMILES string of the molecule is O=c1[nH]ccc2c(CCCc3ccccc3)cnc(Nc3ccc(F)cc3)c12. The smallest absolute Gasteiger partial charge is 0.259 e. The first-order chi connectivity index (χ1) is 13.7. The van der Waals surface area contributed by atoms with Crippen LogP contribution < -0.4 is 10.9 Å². The average Bonchev–Trinajstić information content (AvgIpc) is 2.72. The van der Waals surface area contributed by atoms with Gasteiger partial charge in [0.05, 0.1) is 5.39 Å². The Labute approximate surface area is 162 Å². The fourth-order valence-electron chi connectivity index (χ4n) is 3.35. The van der Waals surface area contributed by atoms with E-state index in [1.807, 2.05) is 30.5 Å². The summed E-state index contributed by atoms with van der Waals surface area (Å²) in [5, 5.41) is 4.53. The van der Waals surface area contributed by atoms with Crippen LogP contribution in [0.2, 0.25) is 0 Å². The molecule has 0 bridgehead atoms. The van der Waals surface area contributed by atoms with Gasteiger partial charge < -0.3 is 10.3 Å². The van der Waals surface area contributed by atoms with Crippen molar-refractivity contribution in [3.05, 3.63) is 100 Å². The second-order valence-corrected chi connectivity index (χ2v) is 6.70. The Hall–Kier alpha value is -3.47. The van der Waals surface area contributed by atoms with Crippen molar-refractivity contribution >= 4 is 22.3 Å². The van der Waals surface area contributed by atoms with Crippen LogP contribution in [-0.4, -0.2) is 9.97 Å². The maximum Gasteiger partial charge on any atom is 0.259 e. The third-order valence-electron chi connectivity index (χ3n) is 4.75. The van der Waals surface area contributed by atoms with Crippen LogP contribution in [0.15, 0.2) is 77.9 Å². The Balaban J connectivity index is 1.61.